The van der Waals surface area contributed by atoms with Gasteiger partial charge in [0.1, 0.15) is 5.75 Å². The summed E-state index contributed by atoms with van der Waals surface area (Å²) in [5, 5.41) is 2.20. The molecule has 1 amide bonds. The Bertz CT molecular complexity index is 801. The van der Waals surface area contributed by atoms with Gasteiger partial charge in [0.2, 0.25) is 5.91 Å². The lowest BCUT2D eigenvalue weighted by molar-refractivity contribution is -0.138. The SMILES string of the molecule is COc1ccc(CCC(=O)N2CC(N3CCc4sccc4C3)C2)cc1Br. The second-order valence-electron chi connectivity index (χ2n) is 7.01. The number of fused-ring (bicyclic) bond motifs is 1. The summed E-state index contributed by atoms with van der Waals surface area (Å²) < 4.78 is 6.19. The van der Waals surface area contributed by atoms with E-state index in [-0.39, 0.29) is 5.91 Å². The zero-order valence-corrected chi connectivity index (χ0v) is 17.3. The van der Waals surface area contributed by atoms with Gasteiger partial charge in [-0.3, -0.25) is 9.69 Å². The van der Waals surface area contributed by atoms with Crippen molar-refractivity contribution in [3.63, 3.8) is 0 Å². The minimum Gasteiger partial charge on any atom is -0.496 e. The van der Waals surface area contributed by atoms with Crippen LogP contribution < -0.4 is 4.74 Å². The van der Waals surface area contributed by atoms with Crippen molar-refractivity contribution in [1.82, 2.24) is 9.80 Å². The molecule has 6 heteroatoms. The molecule has 0 saturated carbocycles. The summed E-state index contributed by atoms with van der Waals surface area (Å²) in [6, 6.07) is 8.79. The highest BCUT2D eigenvalue weighted by Gasteiger charge is 2.35. The molecule has 4 nitrogen and oxygen atoms in total. The van der Waals surface area contributed by atoms with E-state index in [1.54, 1.807) is 12.0 Å². The molecule has 2 aliphatic rings. The van der Waals surface area contributed by atoms with E-state index in [1.807, 2.05) is 34.4 Å². The molecule has 0 aliphatic carbocycles. The Morgan fingerprint density at radius 1 is 1.35 bits per heavy atom. The fourth-order valence-electron chi connectivity index (χ4n) is 3.75. The molecule has 0 N–H and O–H groups in total. The Labute approximate surface area is 166 Å². The van der Waals surface area contributed by atoms with E-state index in [4.69, 9.17) is 4.74 Å². The Morgan fingerprint density at radius 2 is 2.19 bits per heavy atom. The smallest absolute Gasteiger partial charge is 0.223 e. The van der Waals surface area contributed by atoms with E-state index >= 15 is 0 Å². The first-order chi connectivity index (χ1) is 12.6. The predicted molar refractivity (Wildman–Crippen MR) is 108 cm³/mol. The Hall–Kier alpha value is -1.37. The molecule has 4 rings (SSSR count). The first-order valence-corrected chi connectivity index (χ1v) is 10.7. The molecule has 1 fully saturated rings. The zero-order chi connectivity index (χ0) is 18.1. The summed E-state index contributed by atoms with van der Waals surface area (Å²) in [5.74, 6) is 1.09. The first-order valence-electron chi connectivity index (χ1n) is 9.03. The number of aryl methyl sites for hydroxylation is 1. The van der Waals surface area contributed by atoms with Gasteiger partial charge in [0, 0.05) is 43.5 Å². The molecule has 0 spiro atoms. The maximum Gasteiger partial charge on any atom is 0.223 e. The number of methoxy groups -OCH3 is 1. The molecule has 3 heterocycles. The largest absolute Gasteiger partial charge is 0.496 e. The molecule has 2 aliphatic heterocycles. The van der Waals surface area contributed by atoms with Gasteiger partial charge in [-0.05, 0) is 63.5 Å². The highest BCUT2D eigenvalue weighted by Crippen LogP contribution is 2.28. The van der Waals surface area contributed by atoms with Gasteiger partial charge in [-0.1, -0.05) is 6.07 Å². The number of thiophene rings is 1. The zero-order valence-electron chi connectivity index (χ0n) is 14.9. The minimum absolute atomic E-state index is 0.265. The maximum absolute atomic E-state index is 12.5. The molecule has 0 radical (unpaired) electrons. The molecular weight excluding hydrogens is 412 g/mol. The van der Waals surface area contributed by atoms with Crippen molar-refractivity contribution in [3.8, 4) is 5.75 Å². The van der Waals surface area contributed by atoms with Crippen molar-refractivity contribution in [2.24, 2.45) is 0 Å². The van der Waals surface area contributed by atoms with Crippen molar-refractivity contribution in [3.05, 3.63) is 50.1 Å². The molecule has 1 aromatic heterocycles. The number of rotatable bonds is 5. The Balaban J connectivity index is 1.24. The maximum atomic E-state index is 12.5. The van der Waals surface area contributed by atoms with Crippen molar-refractivity contribution >= 4 is 33.2 Å². The summed E-state index contributed by atoms with van der Waals surface area (Å²) >= 11 is 5.38. The average molecular weight is 435 g/mol. The van der Waals surface area contributed by atoms with Crippen LogP contribution >= 0.6 is 27.3 Å². The predicted octanol–water partition coefficient (Wildman–Crippen LogP) is 3.72. The second-order valence-corrected chi connectivity index (χ2v) is 8.87. The quantitative estimate of drug-likeness (QED) is 0.718. The molecule has 1 saturated heterocycles. The minimum atomic E-state index is 0.265. The van der Waals surface area contributed by atoms with Gasteiger partial charge in [-0.25, -0.2) is 0 Å². The molecular formula is C20H23BrN2O2S. The van der Waals surface area contributed by atoms with E-state index < -0.39 is 0 Å². The van der Waals surface area contributed by atoms with Crippen LogP contribution in [0, 0.1) is 0 Å². The van der Waals surface area contributed by atoms with Gasteiger partial charge in [-0.15, -0.1) is 11.3 Å². The monoisotopic (exact) mass is 434 g/mol. The van der Waals surface area contributed by atoms with Crippen LogP contribution in [-0.2, 0) is 24.2 Å². The standard InChI is InChI=1S/C20H23BrN2O2S/c1-25-18-4-2-14(10-17(18)21)3-5-20(24)23-12-16(13-23)22-8-6-19-15(11-22)7-9-26-19/h2,4,7,9-10,16H,3,5-6,8,11-13H2,1H3. The highest BCUT2D eigenvalue weighted by molar-refractivity contribution is 9.10. The summed E-state index contributed by atoms with van der Waals surface area (Å²) in [6.07, 6.45) is 2.49. The van der Waals surface area contributed by atoms with E-state index in [9.17, 15) is 4.79 Å². The molecule has 1 aromatic carbocycles. The van der Waals surface area contributed by atoms with Crippen molar-refractivity contribution in [2.45, 2.75) is 31.8 Å². The topological polar surface area (TPSA) is 32.8 Å². The summed E-state index contributed by atoms with van der Waals surface area (Å²) in [4.78, 5) is 18.6. The van der Waals surface area contributed by atoms with Crippen LogP contribution in [0.25, 0.3) is 0 Å². The van der Waals surface area contributed by atoms with E-state index in [0.717, 1.165) is 54.8 Å². The van der Waals surface area contributed by atoms with Gasteiger partial charge in [0.05, 0.1) is 11.6 Å². The van der Waals surface area contributed by atoms with Crippen LogP contribution in [0.2, 0.25) is 0 Å². The Morgan fingerprint density at radius 3 is 2.96 bits per heavy atom. The van der Waals surface area contributed by atoms with Gasteiger partial charge >= 0.3 is 0 Å². The van der Waals surface area contributed by atoms with Crippen LogP contribution in [0.4, 0.5) is 0 Å². The van der Waals surface area contributed by atoms with Crippen molar-refractivity contribution in [2.75, 3.05) is 26.7 Å². The third-order valence-corrected chi connectivity index (χ3v) is 7.06. The number of hydrogen-bond donors (Lipinski definition) is 0. The fraction of sp³-hybridized carbons (Fsp3) is 0.450. The van der Waals surface area contributed by atoms with Crippen LogP contribution in [0.15, 0.2) is 34.1 Å². The second kappa shape index (κ2) is 7.71. The van der Waals surface area contributed by atoms with E-state index in [0.29, 0.717) is 12.5 Å². The lowest BCUT2D eigenvalue weighted by atomic mass is 10.0. The average Bonchev–Trinajstić information content (AvgIpc) is 3.06. The summed E-state index contributed by atoms with van der Waals surface area (Å²) in [5.41, 5.74) is 2.64. The number of amides is 1. The van der Waals surface area contributed by atoms with Crippen LogP contribution in [0.5, 0.6) is 5.75 Å². The summed E-state index contributed by atoms with van der Waals surface area (Å²) in [6.45, 7) is 3.93. The van der Waals surface area contributed by atoms with Crippen LogP contribution in [0.1, 0.15) is 22.4 Å². The van der Waals surface area contributed by atoms with Gasteiger partial charge in [0.25, 0.3) is 0 Å². The van der Waals surface area contributed by atoms with E-state index in [1.165, 1.54) is 5.56 Å². The number of carbonyl (C=O) groups excluding carboxylic acids is 1. The third kappa shape index (κ3) is 3.68. The third-order valence-electron chi connectivity index (χ3n) is 5.41. The number of likely N-dealkylation sites (tertiary alicyclic amines) is 1. The van der Waals surface area contributed by atoms with Crippen LogP contribution in [-0.4, -0.2) is 48.5 Å². The fourth-order valence-corrected chi connectivity index (χ4v) is 5.22. The number of hydrogen-bond acceptors (Lipinski definition) is 4. The molecule has 2 aromatic rings. The van der Waals surface area contributed by atoms with Crippen molar-refractivity contribution in [1.29, 1.82) is 0 Å². The van der Waals surface area contributed by atoms with Gasteiger partial charge in [0.15, 0.2) is 0 Å². The first kappa shape index (κ1) is 18.0. The molecule has 26 heavy (non-hydrogen) atoms. The summed E-state index contributed by atoms with van der Waals surface area (Å²) in [7, 11) is 1.66. The molecule has 138 valence electrons. The number of halogens is 1. The lowest BCUT2D eigenvalue weighted by Gasteiger charge is -2.46. The van der Waals surface area contributed by atoms with Gasteiger partial charge < -0.3 is 9.64 Å². The molecule has 0 atom stereocenters. The number of carbonyl (C=O) groups is 1. The number of ether oxygens (including phenoxy) is 1. The molecule has 0 bridgehead atoms. The van der Waals surface area contributed by atoms with Crippen LogP contribution in [0.3, 0.4) is 0 Å². The van der Waals surface area contributed by atoms with Gasteiger partial charge in [-0.2, -0.15) is 0 Å². The highest BCUT2D eigenvalue weighted by atomic mass is 79.9. The van der Waals surface area contributed by atoms with E-state index in [2.05, 4.69) is 32.3 Å². The lowest BCUT2D eigenvalue weighted by Crippen LogP contribution is -2.61. The van der Waals surface area contributed by atoms with Crippen molar-refractivity contribution < 1.29 is 9.53 Å². The Kier molecular flexibility index (Phi) is 5.34. The normalized spacial score (nSPS) is 17.7. The number of benzene rings is 1. The molecule has 0 unspecified atom stereocenters. The number of nitrogens with zero attached hydrogens (tertiary/aromatic N) is 2.